The highest BCUT2D eigenvalue weighted by Crippen LogP contribution is 2.11. The van der Waals surface area contributed by atoms with E-state index in [0.717, 1.165) is 6.04 Å². The molecule has 0 aromatic heterocycles. The minimum absolute atomic E-state index is 0.749. The number of rotatable bonds is 1. The standard InChI is InChI=1S/C8H17NS/c1-8(2)9-4-3-6-10-7-5-9/h8H,3-7H2,1-2H3. The molecule has 1 aliphatic rings. The van der Waals surface area contributed by atoms with Crippen molar-refractivity contribution >= 4 is 11.8 Å². The summed E-state index contributed by atoms with van der Waals surface area (Å²) >= 11 is 2.10. The molecule has 60 valence electrons. The first-order valence-electron chi connectivity index (χ1n) is 4.12. The van der Waals surface area contributed by atoms with Gasteiger partial charge in [0.15, 0.2) is 0 Å². The molecule has 1 saturated heterocycles. The Kier molecular flexibility index (Phi) is 3.57. The molecule has 0 amide bonds. The summed E-state index contributed by atoms with van der Waals surface area (Å²) in [5.74, 6) is 2.70. The molecule has 0 spiro atoms. The Morgan fingerprint density at radius 2 is 2.00 bits per heavy atom. The molecular weight excluding hydrogens is 142 g/mol. The van der Waals surface area contributed by atoms with E-state index < -0.39 is 0 Å². The van der Waals surface area contributed by atoms with Crippen LogP contribution in [0.15, 0.2) is 0 Å². The van der Waals surface area contributed by atoms with Gasteiger partial charge in [-0.05, 0) is 32.6 Å². The van der Waals surface area contributed by atoms with Crippen molar-refractivity contribution in [3.63, 3.8) is 0 Å². The van der Waals surface area contributed by atoms with Gasteiger partial charge in [-0.1, -0.05) is 0 Å². The minimum atomic E-state index is 0.749. The highest BCUT2D eigenvalue weighted by Gasteiger charge is 2.10. The van der Waals surface area contributed by atoms with E-state index in [0.29, 0.717) is 0 Å². The quantitative estimate of drug-likeness (QED) is 0.574. The molecule has 10 heavy (non-hydrogen) atoms. The molecule has 1 rings (SSSR count). The Labute approximate surface area is 68.2 Å². The molecule has 0 aromatic carbocycles. The average Bonchev–Trinajstić information content (AvgIpc) is 2.12. The molecule has 0 atom stereocenters. The first kappa shape index (κ1) is 8.41. The normalized spacial score (nSPS) is 23.1. The molecule has 2 heteroatoms. The van der Waals surface area contributed by atoms with Crippen LogP contribution >= 0.6 is 11.8 Å². The minimum Gasteiger partial charge on any atom is -0.300 e. The van der Waals surface area contributed by atoms with Crippen molar-refractivity contribution in [3.8, 4) is 0 Å². The van der Waals surface area contributed by atoms with E-state index >= 15 is 0 Å². The molecule has 0 N–H and O–H groups in total. The van der Waals surface area contributed by atoms with Gasteiger partial charge in [-0.2, -0.15) is 11.8 Å². The highest BCUT2D eigenvalue weighted by atomic mass is 32.2. The van der Waals surface area contributed by atoms with E-state index in [1.807, 2.05) is 0 Å². The molecule has 0 aliphatic carbocycles. The highest BCUT2D eigenvalue weighted by molar-refractivity contribution is 7.99. The van der Waals surface area contributed by atoms with Gasteiger partial charge < -0.3 is 4.90 Å². The Morgan fingerprint density at radius 3 is 2.70 bits per heavy atom. The summed E-state index contributed by atoms with van der Waals surface area (Å²) in [4.78, 5) is 2.57. The number of nitrogens with zero attached hydrogens (tertiary/aromatic N) is 1. The maximum atomic E-state index is 2.57. The van der Waals surface area contributed by atoms with E-state index in [-0.39, 0.29) is 0 Å². The van der Waals surface area contributed by atoms with Crippen LogP contribution in [0.1, 0.15) is 20.3 Å². The summed E-state index contributed by atoms with van der Waals surface area (Å²) < 4.78 is 0. The van der Waals surface area contributed by atoms with Crippen molar-refractivity contribution < 1.29 is 0 Å². The Morgan fingerprint density at radius 1 is 1.20 bits per heavy atom. The second kappa shape index (κ2) is 4.24. The third-order valence-corrected chi connectivity index (χ3v) is 3.04. The van der Waals surface area contributed by atoms with Crippen molar-refractivity contribution in [3.05, 3.63) is 0 Å². The lowest BCUT2D eigenvalue weighted by atomic mass is 10.3. The van der Waals surface area contributed by atoms with Gasteiger partial charge in [0, 0.05) is 18.3 Å². The number of thioether (sulfide) groups is 1. The topological polar surface area (TPSA) is 3.24 Å². The molecule has 1 aliphatic heterocycles. The van der Waals surface area contributed by atoms with Crippen LogP contribution in [0.2, 0.25) is 0 Å². The van der Waals surface area contributed by atoms with Crippen molar-refractivity contribution in [2.24, 2.45) is 0 Å². The van der Waals surface area contributed by atoms with Crippen molar-refractivity contribution in [1.29, 1.82) is 0 Å². The lowest BCUT2D eigenvalue weighted by Crippen LogP contribution is -2.32. The maximum absolute atomic E-state index is 2.57. The largest absolute Gasteiger partial charge is 0.300 e. The molecule has 0 unspecified atom stereocenters. The molecule has 1 nitrogen and oxygen atoms in total. The van der Waals surface area contributed by atoms with E-state index in [4.69, 9.17) is 0 Å². The monoisotopic (exact) mass is 159 g/mol. The van der Waals surface area contributed by atoms with E-state index in [9.17, 15) is 0 Å². The zero-order chi connectivity index (χ0) is 7.40. The Bertz CT molecular complexity index is 85.3. The van der Waals surface area contributed by atoms with Crippen molar-refractivity contribution in [2.75, 3.05) is 24.6 Å². The fraction of sp³-hybridized carbons (Fsp3) is 1.00. The summed E-state index contributed by atoms with van der Waals surface area (Å²) in [7, 11) is 0. The Balaban J connectivity index is 2.28. The first-order valence-corrected chi connectivity index (χ1v) is 5.28. The van der Waals surface area contributed by atoms with Crippen LogP contribution in [0.5, 0.6) is 0 Å². The van der Waals surface area contributed by atoms with Crippen LogP contribution < -0.4 is 0 Å². The summed E-state index contributed by atoms with van der Waals surface area (Å²) in [5, 5.41) is 0. The van der Waals surface area contributed by atoms with Gasteiger partial charge in [-0.3, -0.25) is 0 Å². The average molecular weight is 159 g/mol. The lowest BCUT2D eigenvalue weighted by Gasteiger charge is -2.23. The molecule has 0 saturated carbocycles. The zero-order valence-electron chi connectivity index (χ0n) is 6.97. The van der Waals surface area contributed by atoms with Gasteiger partial charge in [0.25, 0.3) is 0 Å². The summed E-state index contributed by atoms with van der Waals surface area (Å²) in [5.41, 5.74) is 0. The summed E-state index contributed by atoms with van der Waals surface area (Å²) in [6.07, 6.45) is 1.38. The molecule has 0 aromatic rings. The molecule has 1 heterocycles. The van der Waals surface area contributed by atoms with Gasteiger partial charge in [0.2, 0.25) is 0 Å². The number of hydrogen-bond donors (Lipinski definition) is 0. The molecule has 0 radical (unpaired) electrons. The van der Waals surface area contributed by atoms with Gasteiger partial charge in [0.1, 0.15) is 0 Å². The van der Waals surface area contributed by atoms with Crippen LogP contribution in [-0.2, 0) is 0 Å². The van der Waals surface area contributed by atoms with E-state index in [2.05, 4.69) is 30.5 Å². The second-order valence-corrected chi connectivity index (χ2v) is 4.32. The SMILES string of the molecule is CC(C)N1CCCSCC1. The fourth-order valence-electron chi connectivity index (χ4n) is 1.28. The van der Waals surface area contributed by atoms with Crippen LogP contribution in [-0.4, -0.2) is 35.5 Å². The third kappa shape index (κ3) is 2.51. The van der Waals surface area contributed by atoms with Crippen LogP contribution in [0.4, 0.5) is 0 Å². The maximum Gasteiger partial charge on any atom is 0.00750 e. The van der Waals surface area contributed by atoms with Gasteiger partial charge in [-0.25, -0.2) is 0 Å². The van der Waals surface area contributed by atoms with Crippen molar-refractivity contribution in [1.82, 2.24) is 4.90 Å². The first-order chi connectivity index (χ1) is 4.80. The van der Waals surface area contributed by atoms with Crippen LogP contribution in [0.3, 0.4) is 0 Å². The number of hydrogen-bond acceptors (Lipinski definition) is 2. The summed E-state index contributed by atoms with van der Waals surface area (Å²) in [6.45, 7) is 7.18. The van der Waals surface area contributed by atoms with Gasteiger partial charge >= 0.3 is 0 Å². The van der Waals surface area contributed by atoms with E-state index in [1.54, 1.807) is 0 Å². The van der Waals surface area contributed by atoms with Gasteiger partial charge in [0.05, 0.1) is 0 Å². The van der Waals surface area contributed by atoms with Crippen LogP contribution in [0, 0.1) is 0 Å². The predicted octanol–water partition coefficient (Wildman–Crippen LogP) is 1.83. The summed E-state index contributed by atoms with van der Waals surface area (Å²) in [6, 6.07) is 0.749. The second-order valence-electron chi connectivity index (χ2n) is 3.10. The lowest BCUT2D eigenvalue weighted by molar-refractivity contribution is 0.240. The smallest absolute Gasteiger partial charge is 0.00750 e. The van der Waals surface area contributed by atoms with Crippen molar-refractivity contribution in [2.45, 2.75) is 26.3 Å². The van der Waals surface area contributed by atoms with Gasteiger partial charge in [-0.15, -0.1) is 0 Å². The zero-order valence-corrected chi connectivity index (χ0v) is 7.78. The third-order valence-electron chi connectivity index (χ3n) is 1.99. The van der Waals surface area contributed by atoms with Crippen LogP contribution in [0.25, 0.3) is 0 Å². The Hall–Kier alpha value is 0.310. The molecule has 0 bridgehead atoms. The van der Waals surface area contributed by atoms with E-state index in [1.165, 1.54) is 31.0 Å². The molecular formula is C8H17NS. The fourth-order valence-corrected chi connectivity index (χ4v) is 2.18. The molecule has 1 fully saturated rings. The predicted molar refractivity (Wildman–Crippen MR) is 48.7 cm³/mol.